The lowest BCUT2D eigenvalue weighted by Crippen LogP contribution is -2.33. The molecule has 1 aromatic carbocycles. The summed E-state index contributed by atoms with van der Waals surface area (Å²) in [6, 6.07) is 9.02. The molecular weight excluding hydrogens is 190 g/mol. The first-order chi connectivity index (χ1) is 7.20. The zero-order chi connectivity index (χ0) is 11.1. The van der Waals surface area contributed by atoms with Crippen molar-refractivity contribution >= 4 is 5.97 Å². The molecule has 78 valence electrons. The van der Waals surface area contributed by atoms with E-state index in [0.29, 0.717) is 6.54 Å². The molecule has 0 aliphatic rings. The zero-order valence-corrected chi connectivity index (χ0v) is 8.53. The highest BCUT2D eigenvalue weighted by atomic mass is 16.4. The van der Waals surface area contributed by atoms with E-state index >= 15 is 0 Å². The van der Waals surface area contributed by atoms with Gasteiger partial charge in [0.15, 0.2) is 0 Å². The minimum atomic E-state index is -0.864. The van der Waals surface area contributed by atoms with Crippen LogP contribution < -0.4 is 5.32 Å². The van der Waals surface area contributed by atoms with E-state index in [1.807, 2.05) is 30.3 Å². The van der Waals surface area contributed by atoms with Crippen LogP contribution in [0.3, 0.4) is 0 Å². The largest absolute Gasteiger partial charge is 0.480 e. The number of benzene rings is 1. The van der Waals surface area contributed by atoms with E-state index in [4.69, 9.17) is 5.11 Å². The van der Waals surface area contributed by atoms with Crippen LogP contribution in [0.15, 0.2) is 30.3 Å². The minimum Gasteiger partial charge on any atom is -0.480 e. The Bertz CT molecular complexity index is 376. The van der Waals surface area contributed by atoms with Gasteiger partial charge in [-0.25, -0.2) is 0 Å². The standard InChI is InChI=1S/C12H13NO2/c1-10(12(14)15)13-9-5-8-11-6-3-2-4-7-11/h2-4,6-7,10,13H,9H2,1H3,(H,14,15). The van der Waals surface area contributed by atoms with Gasteiger partial charge < -0.3 is 5.11 Å². The number of rotatable bonds is 3. The van der Waals surface area contributed by atoms with E-state index in [9.17, 15) is 4.79 Å². The predicted molar refractivity (Wildman–Crippen MR) is 58.4 cm³/mol. The average molecular weight is 203 g/mol. The molecule has 15 heavy (non-hydrogen) atoms. The molecule has 0 aliphatic carbocycles. The summed E-state index contributed by atoms with van der Waals surface area (Å²) >= 11 is 0. The summed E-state index contributed by atoms with van der Waals surface area (Å²) in [5.74, 6) is 4.93. The molecule has 0 radical (unpaired) electrons. The van der Waals surface area contributed by atoms with E-state index in [1.165, 1.54) is 0 Å². The summed E-state index contributed by atoms with van der Waals surface area (Å²) in [5, 5.41) is 11.4. The summed E-state index contributed by atoms with van der Waals surface area (Å²) in [4.78, 5) is 10.5. The number of hydrogen-bond acceptors (Lipinski definition) is 2. The maximum absolute atomic E-state index is 10.5. The monoisotopic (exact) mass is 203 g/mol. The molecule has 0 fully saturated rings. The van der Waals surface area contributed by atoms with Crippen LogP contribution in [-0.4, -0.2) is 23.7 Å². The number of carboxylic acid groups (broad SMARTS) is 1. The third-order valence-corrected chi connectivity index (χ3v) is 1.87. The number of carbonyl (C=O) groups is 1. The first kappa shape index (κ1) is 11.3. The minimum absolute atomic E-state index is 0.377. The summed E-state index contributed by atoms with van der Waals surface area (Å²) in [7, 11) is 0. The Morgan fingerprint density at radius 1 is 1.47 bits per heavy atom. The molecule has 3 nitrogen and oxygen atoms in total. The second-order valence-electron chi connectivity index (χ2n) is 3.11. The van der Waals surface area contributed by atoms with Crippen molar-refractivity contribution in [3.05, 3.63) is 35.9 Å². The molecule has 1 unspecified atom stereocenters. The number of nitrogens with one attached hydrogen (secondary N) is 1. The lowest BCUT2D eigenvalue weighted by molar-refractivity contribution is -0.138. The molecule has 2 N–H and O–H groups in total. The Morgan fingerprint density at radius 3 is 2.73 bits per heavy atom. The van der Waals surface area contributed by atoms with Crippen molar-refractivity contribution in [3.8, 4) is 11.8 Å². The van der Waals surface area contributed by atoms with Crippen LogP contribution in [0, 0.1) is 11.8 Å². The molecule has 1 rings (SSSR count). The third-order valence-electron chi connectivity index (χ3n) is 1.87. The summed E-state index contributed by atoms with van der Waals surface area (Å²) < 4.78 is 0. The fraction of sp³-hybridized carbons (Fsp3) is 0.250. The predicted octanol–water partition coefficient (Wildman–Crippen LogP) is 1.10. The topological polar surface area (TPSA) is 49.3 Å². The van der Waals surface area contributed by atoms with E-state index in [0.717, 1.165) is 5.56 Å². The van der Waals surface area contributed by atoms with Gasteiger partial charge in [0.25, 0.3) is 0 Å². The first-order valence-electron chi connectivity index (χ1n) is 4.70. The highest BCUT2D eigenvalue weighted by Crippen LogP contribution is 1.94. The molecule has 1 aromatic rings. The molecule has 1 atom stereocenters. The Labute approximate surface area is 89.1 Å². The average Bonchev–Trinajstić information content (AvgIpc) is 2.25. The summed E-state index contributed by atoms with van der Waals surface area (Å²) in [5.41, 5.74) is 0.933. The second kappa shape index (κ2) is 5.84. The molecule has 0 aliphatic heterocycles. The van der Waals surface area contributed by atoms with E-state index in [1.54, 1.807) is 6.92 Å². The van der Waals surface area contributed by atoms with E-state index in [2.05, 4.69) is 17.2 Å². The van der Waals surface area contributed by atoms with Crippen LogP contribution in [0.5, 0.6) is 0 Å². The van der Waals surface area contributed by atoms with Gasteiger partial charge in [0.05, 0.1) is 6.54 Å². The summed E-state index contributed by atoms with van der Waals surface area (Å²) in [6.07, 6.45) is 0. The van der Waals surface area contributed by atoms with Crippen molar-refractivity contribution in [2.75, 3.05) is 6.54 Å². The normalized spacial score (nSPS) is 11.3. The fourth-order valence-corrected chi connectivity index (χ4v) is 0.959. The van der Waals surface area contributed by atoms with Gasteiger partial charge >= 0.3 is 5.97 Å². The molecule has 0 amide bonds. The summed E-state index contributed by atoms with van der Waals surface area (Å²) in [6.45, 7) is 1.97. The van der Waals surface area contributed by atoms with Gasteiger partial charge in [0.1, 0.15) is 6.04 Å². The van der Waals surface area contributed by atoms with Crippen molar-refractivity contribution in [2.24, 2.45) is 0 Å². The van der Waals surface area contributed by atoms with Crippen molar-refractivity contribution in [2.45, 2.75) is 13.0 Å². The van der Waals surface area contributed by atoms with Gasteiger partial charge in [-0.2, -0.15) is 0 Å². The van der Waals surface area contributed by atoms with E-state index < -0.39 is 12.0 Å². The van der Waals surface area contributed by atoms with Gasteiger partial charge in [-0.1, -0.05) is 30.0 Å². The highest BCUT2D eigenvalue weighted by molar-refractivity contribution is 5.72. The van der Waals surface area contributed by atoms with Crippen LogP contribution in [-0.2, 0) is 4.79 Å². The lowest BCUT2D eigenvalue weighted by atomic mass is 10.2. The van der Waals surface area contributed by atoms with Crippen LogP contribution in [0.1, 0.15) is 12.5 Å². The molecular formula is C12H13NO2. The Hall–Kier alpha value is -1.79. The number of carboxylic acids is 1. The SMILES string of the molecule is CC(NCC#Cc1ccccc1)C(=O)O. The van der Waals surface area contributed by atoms with Crippen molar-refractivity contribution in [1.29, 1.82) is 0 Å². The molecule has 0 saturated heterocycles. The number of hydrogen-bond donors (Lipinski definition) is 2. The van der Waals surface area contributed by atoms with Crippen molar-refractivity contribution in [3.63, 3.8) is 0 Å². The number of aliphatic carboxylic acids is 1. The quantitative estimate of drug-likeness (QED) is 0.723. The van der Waals surface area contributed by atoms with Crippen molar-refractivity contribution in [1.82, 2.24) is 5.32 Å². The van der Waals surface area contributed by atoms with Gasteiger partial charge in [-0.3, -0.25) is 10.1 Å². The van der Waals surface area contributed by atoms with Gasteiger partial charge in [0, 0.05) is 5.56 Å². The van der Waals surface area contributed by atoms with Crippen LogP contribution in [0.25, 0.3) is 0 Å². The third kappa shape index (κ3) is 4.30. The highest BCUT2D eigenvalue weighted by Gasteiger charge is 2.07. The van der Waals surface area contributed by atoms with Crippen molar-refractivity contribution < 1.29 is 9.90 Å². The Balaban J connectivity index is 2.38. The van der Waals surface area contributed by atoms with Crippen LogP contribution in [0.2, 0.25) is 0 Å². The maximum atomic E-state index is 10.5. The molecule has 0 heterocycles. The molecule has 0 spiro atoms. The molecule has 0 bridgehead atoms. The van der Waals surface area contributed by atoms with Gasteiger partial charge in [0.2, 0.25) is 0 Å². The van der Waals surface area contributed by atoms with Crippen LogP contribution >= 0.6 is 0 Å². The van der Waals surface area contributed by atoms with Gasteiger partial charge in [-0.05, 0) is 19.1 Å². The van der Waals surface area contributed by atoms with Crippen LogP contribution in [0.4, 0.5) is 0 Å². The van der Waals surface area contributed by atoms with Gasteiger partial charge in [-0.15, -0.1) is 0 Å². The lowest BCUT2D eigenvalue weighted by Gasteiger charge is -2.03. The fourth-order valence-electron chi connectivity index (χ4n) is 0.959. The maximum Gasteiger partial charge on any atom is 0.320 e. The van der Waals surface area contributed by atoms with E-state index in [-0.39, 0.29) is 0 Å². The smallest absolute Gasteiger partial charge is 0.320 e. The molecule has 0 saturated carbocycles. The Morgan fingerprint density at radius 2 is 2.13 bits per heavy atom. The first-order valence-corrected chi connectivity index (χ1v) is 4.70. The Kier molecular flexibility index (Phi) is 4.39. The molecule has 3 heteroatoms. The molecule has 0 aromatic heterocycles. The second-order valence-corrected chi connectivity index (χ2v) is 3.11. The zero-order valence-electron chi connectivity index (χ0n) is 8.53.